The highest BCUT2D eigenvalue weighted by atomic mass is 32.2. The van der Waals surface area contributed by atoms with Crippen LogP contribution >= 0.6 is 0 Å². The summed E-state index contributed by atoms with van der Waals surface area (Å²) in [4.78, 5) is 83.9. The molecule has 0 bridgehead atoms. The molecule has 3 aliphatic heterocycles. The quantitative estimate of drug-likeness (QED) is 0.0595. The van der Waals surface area contributed by atoms with Crippen LogP contribution in [0.1, 0.15) is 115 Å². The Kier molecular flexibility index (Phi) is 22.6. The van der Waals surface area contributed by atoms with Crippen molar-refractivity contribution in [2.45, 2.75) is 79.9 Å². The lowest BCUT2D eigenvalue weighted by molar-refractivity contribution is 0.0696. The van der Waals surface area contributed by atoms with E-state index >= 15 is 0 Å². The van der Waals surface area contributed by atoms with E-state index in [1.807, 2.05) is 74.6 Å². The molecule has 17 rings (SSSR count). The number of pyridine rings is 3. The minimum atomic E-state index is -3.81. The molecule has 5 aromatic carbocycles. The highest BCUT2D eigenvalue weighted by Crippen LogP contribution is 2.38. The Bertz CT molecular complexity index is 5860. The van der Waals surface area contributed by atoms with Gasteiger partial charge >= 0.3 is 5.97 Å². The predicted octanol–water partition coefficient (Wildman–Crippen LogP) is 13.7. The average molecular weight is 1520 g/mol. The van der Waals surface area contributed by atoms with Gasteiger partial charge in [0.2, 0.25) is 0 Å². The lowest BCUT2D eigenvalue weighted by atomic mass is 9.90. The normalized spacial score (nSPS) is 15.8. The largest absolute Gasteiger partial charge is 0.478 e. The molecule has 9 aromatic heterocycles. The highest BCUT2D eigenvalue weighted by molar-refractivity contribution is 7.90. The molecule has 0 radical (unpaired) electrons. The van der Waals surface area contributed by atoms with Crippen LogP contribution in [-0.2, 0) is 20.0 Å². The second-order valence-electron chi connectivity index (χ2n) is 27.4. The first-order valence-corrected chi connectivity index (χ1v) is 39.2. The van der Waals surface area contributed by atoms with Gasteiger partial charge in [0.1, 0.15) is 42.1 Å². The van der Waals surface area contributed by atoms with E-state index in [9.17, 15) is 31.2 Å². The molecular weight excluding hydrogens is 1440 g/mol. The maximum Gasteiger partial charge on any atom is 0.335 e. The molecule has 3 saturated heterocycles. The first kappa shape index (κ1) is 74.8. The van der Waals surface area contributed by atoms with E-state index in [1.165, 1.54) is 56.3 Å². The number of H-pyrrole nitrogens is 1. The third-order valence-corrected chi connectivity index (χ3v) is 23.3. The number of rotatable bonds is 15. The van der Waals surface area contributed by atoms with Crippen molar-refractivity contribution in [3.63, 3.8) is 0 Å². The second-order valence-corrected chi connectivity index (χ2v) is 31.0. The van der Waals surface area contributed by atoms with Gasteiger partial charge in [0, 0.05) is 141 Å². The Morgan fingerprint density at radius 2 is 0.838 bits per heavy atom. The fourth-order valence-electron chi connectivity index (χ4n) is 14.3. The summed E-state index contributed by atoms with van der Waals surface area (Å²) >= 11 is 0. The number of nitrogens with two attached hydrogens (primary N) is 1. The topological polar surface area (TPSA) is 341 Å². The van der Waals surface area contributed by atoms with Gasteiger partial charge in [-0.2, -0.15) is 0 Å². The smallest absolute Gasteiger partial charge is 0.335 e. The zero-order chi connectivity index (χ0) is 77.0. The number of carbonyl (C=O) groups is 3. The molecule has 2 amide bonds. The predicted molar refractivity (Wildman–Crippen MR) is 428 cm³/mol. The molecule has 0 saturated carbocycles. The van der Waals surface area contributed by atoms with Gasteiger partial charge in [0.15, 0.2) is 11.3 Å². The Labute approximate surface area is 641 Å². The van der Waals surface area contributed by atoms with Crippen LogP contribution in [-0.4, -0.2) is 137 Å². The van der Waals surface area contributed by atoms with Crippen LogP contribution in [0.25, 0.3) is 33.1 Å². The van der Waals surface area contributed by atoms with Crippen molar-refractivity contribution in [2.75, 3.05) is 70.3 Å². The Balaban J connectivity index is 0.000000132. The van der Waals surface area contributed by atoms with Crippen LogP contribution in [0.2, 0.25) is 0 Å². The first-order valence-electron chi connectivity index (χ1n) is 36.3. The molecule has 0 spiro atoms. The number of nitrogens with one attached hydrogen (secondary N) is 3. The van der Waals surface area contributed by atoms with Crippen molar-refractivity contribution >= 4 is 105 Å². The zero-order valence-corrected chi connectivity index (χ0v) is 62.5. The monoisotopic (exact) mass is 1520 g/mol. The van der Waals surface area contributed by atoms with Gasteiger partial charge in [-0.1, -0.05) is 71.8 Å². The molecule has 12 heterocycles. The molecule has 6 N–H and O–H groups in total. The molecule has 3 atom stereocenters. The van der Waals surface area contributed by atoms with E-state index in [0.29, 0.717) is 46.2 Å². The van der Waals surface area contributed by atoms with Crippen molar-refractivity contribution in [1.29, 1.82) is 0 Å². The summed E-state index contributed by atoms with van der Waals surface area (Å²) in [5, 5.41) is 16.8. The second kappa shape index (κ2) is 33.6. The van der Waals surface area contributed by atoms with E-state index in [-0.39, 0.29) is 33.1 Å². The number of fused-ring (bicyclic) bond motifs is 3. The maximum absolute atomic E-state index is 13.4. The van der Waals surface area contributed by atoms with E-state index in [2.05, 4.69) is 99.4 Å². The molecule has 28 heteroatoms. The number of piperidine rings is 3. The number of anilines is 6. The minimum Gasteiger partial charge on any atom is -0.478 e. The summed E-state index contributed by atoms with van der Waals surface area (Å²) in [5.41, 5.74) is 16.9. The van der Waals surface area contributed by atoms with E-state index in [4.69, 9.17) is 10.8 Å². The third-order valence-electron chi connectivity index (χ3n) is 19.9. The summed E-state index contributed by atoms with van der Waals surface area (Å²) in [6.07, 6.45) is 25.1. The highest BCUT2D eigenvalue weighted by Gasteiger charge is 2.30. The number of aryl methyl sites for hydroxylation is 2. The standard InChI is InChI=1S/C30H28N6O3S.C24H25N5O2S.C23H22N6O.C6H5NO2/c1-21-7-9-26(10-8-21)40(38,39)36-17-13-27-28(32-20-33-29(27)36)35-16-3-5-24(19-35)23-4-2-6-25(18-23)34-30(37)22-11-14-31-15-12-22;1-17-7-9-21(10-8-17)32(30,31)29-13-11-22-23(26-16-27-24(22)29)28-12-3-5-19(15-28)18-4-2-6-20(25)14-18;30-23(16-6-9-24-10-7-16)28-19-5-1-3-17(13-19)18-4-2-12-29(14-18)22-20-8-11-25-21(20)26-15-27-22;8-6(9)5-1-3-7-4-2-5/h2,4,6-15,17-18,20,24H,3,5,16,19H2,1H3,(H,34,37);2,4,6-11,13-14,16,19H,3,5,12,15,25H2,1H3;1,3,5-11,13,15,18H,2,4,12,14H2,(H,28,30)(H,25,26,27);1-4H,(H,8,9). The SMILES string of the molecule is Cc1ccc(S(=O)(=O)n2ccc3c(N4CCCC(c5cccc(N)c5)C4)ncnc32)cc1.Cc1ccc(S(=O)(=O)n2ccc3c(N4CCCC(c5cccc(NC(=O)c6ccncc6)c5)C4)ncnc32)cc1.O=C(Nc1cccc(C2CCCN(c3ncnc4[nH]ccc34)C2)c1)c1ccncc1.O=C(O)c1ccncc1. The van der Waals surface area contributed by atoms with Crippen molar-refractivity contribution < 1.29 is 36.3 Å². The summed E-state index contributed by atoms with van der Waals surface area (Å²) in [7, 11) is -7.56. The number of nitrogens with zero attached hydrogens (tertiary/aromatic N) is 14. The summed E-state index contributed by atoms with van der Waals surface area (Å²) in [6, 6.07) is 53.0. The van der Waals surface area contributed by atoms with Gasteiger partial charge in [-0.15, -0.1) is 0 Å². The summed E-state index contributed by atoms with van der Waals surface area (Å²) in [6.45, 7) is 8.89. The lowest BCUT2D eigenvalue weighted by Crippen LogP contribution is -2.35. The van der Waals surface area contributed by atoms with Crippen molar-refractivity contribution in [3.05, 3.63) is 295 Å². The number of benzene rings is 5. The van der Waals surface area contributed by atoms with Crippen LogP contribution in [0.5, 0.6) is 0 Å². The molecule has 3 unspecified atom stereocenters. The van der Waals surface area contributed by atoms with Gasteiger partial charge in [-0.05, 0) is 184 Å². The number of aromatic amines is 1. The molecule has 111 heavy (non-hydrogen) atoms. The molecule has 562 valence electrons. The van der Waals surface area contributed by atoms with E-state index in [0.717, 1.165) is 139 Å². The Morgan fingerprint density at radius 1 is 0.450 bits per heavy atom. The first-order chi connectivity index (χ1) is 53.9. The van der Waals surface area contributed by atoms with Crippen molar-refractivity contribution in [1.82, 2.24) is 57.8 Å². The number of hydrogen-bond acceptors (Lipinski definition) is 20. The Hall–Kier alpha value is -13.1. The number of aromatic nitrogens is 12. The number of nitrogen functional groups attached to an aromatic ring is 1. The van der Waals surface area contributed by atoms with Gasteiger partial charge < -0.3 is 41.2 Å². The number of aromatic carboxylic acids is 1. The average Bonchev–Trinajstić information content (AvgIpc) is 1.63. The molecule has 3 aliphatic rings. The Morgan fingerprint density at radius 3 is 1.24 bits per heavy atom. The van der Waals surface area contributed by atoms with Gasteiger partial charge in [0.05, 0.1) is 31.5 Å². The lowest BCUT2D eigenvalue weighted by Gasteiger charge is -2.34. The van der Waals surface area contributed by atoms with E-state index in [1.54, 1.807) is 128 Å². The van der Waals surface area contributed by atoms with Crippen LogP contribution in [0, 0.1) is 13.8 Å². The van der Waals surface area contributed by atoms with Crippen LogP contribution < -0.4 is 31.1 Å². The van der Waals surface area contributed by atoms with Crippen LogP contribution in [0.15, 0.2) is 260 Å². The zero-order valence-electron chi connectivity index (χ0n) is 60.8. The maximum atomic E-state index is 13.4. The molecule has 3 fully saturated rings. The number of carbonyl (C=O) groups excluding carboxylic acids is 2. The minimum absolute atomic E-state index is 0.129. The molecule has 0 aliphatic carbocycles. The van der Waals surface area contributed by atoms with Crippen LogP contribution in [0.3, 0.4) is 0 Å². The fourth-order valence-corrected chi connectivity index (χ4v) is 16.9. The fraction of sp³-hybridized carbons (Fsp3) is 0.205. The molecular formula is C83H80N18O8S2. The third kappa shape index (κ3) is 17.3. The van der Waals surface area contributed by atoms with Gasteiger partial charge in [-0.3, -0.25) is 24.5 Å². The summed E-state index contributed by atoms with van der Waals surface area (Å²) < 4.78 is 55.8. The number of hydrogen-bond donors (Lipinski definition) is 5. The van der Waals surface area contributed by atoms with E-state index < -0.39 is 26.0 Å². The summed E-state index contributed by atoms with van der Waals surface area (Å²) in [5.74, 6) is 2.17. The molecule has 26 nitrogen and oxygen atoms in total. The number of carboxylic acids is 1. The molecule has 14 aromatic rings. The number of amides is 2. The van der Waals surface area contributed by atoms with Crippen molar-refractivity contribution in [3.8, 4) is 0 Å². The van der Waals surface area contributed by atoms with Gasteiger partial charge in [-0.25, -0.2) is 59.5 Å². The van der Waals surface area contributed by atoms with Gasteiger partial charge in [0.25, 0.3) is 31.9 Å². The number of carboxylic acid groups (broad SMARTS) is 1. The van der Waals surface area contributed by atoms with Crippen LogP contribution in [0.4, 0.5) is 34.5 Å². The van der Waals surface area contributed by atoms with Crippen molar-refractivity contribution in [2.24, 2.45) is 0 Å².